The number of likely N-dealkylation sites (tertiary alicyclic amines) is 1. The molecule has 1 heterocycles. The Morgan fingerprint density at radius 2 is 2.04 bits per heavy atom. The van der Waals surface area contributed by atoms with Crippen LogP contribution >= 0.6 is 11.6 Å². The van der Waals surface area contributed by atoms with Gasteiger partial charge in [0.2, 0.25) is 0 Å². The highest BCUT2D eigenvalue weighted by Gasteiger charge is 2.24. The van der Waals surface area contributed by atoms with Gasteiger partial charge in [-0.3, -0.25) is 9.52 Å². The largest absolute Gasteiger partial charge is 0.495 e. The van der Waals surface area contributed by atoms with E-state index in [2.05, 4.69) is 11.6 Å². The smallest absolute Gasteiger partial charge is 0.262 e. The minimum atomic E-state index is -3.92. The zero-order valence-corrected chi connectivity index (χ0v) is 17.4. The zero-order valence-electron chi connectivity index (χ0n) is 15.8. The van der Waals surface area contributed by atoms with Crippen LogP contribution in [0.3, 0.4) is 0 Å². The van der Waals surface area contributed by atoms with Crippen LogP contribution in [0.2, 0.25) is 5.02 Å². The molecule has 2 aromatic rings. The summed E-state index contributed by atoms with van der Waals surface area (Å²) in [6.45, 7) is 3.49. The second-order valence-electron chi connectivity index (χ2n) is 6.98. The second kappa shape index (κ2) is 8.41. The zero-order chi connectivity index (χ0) is 20.3. The molecule has 0 aliphatic carbocycles. The van der Waals surface area contributed by atoms with Crippen LogP contribution in [0.1, 0.15) is 30.1 Å². The molecule has 1 aliphatic heterocycles. The predicted molar refractivity (Wildman–Crippen MR) is 110 cm³/mol. The molecule has 1 aliphatic rings. The molecule has 1 N–H and O–H groups in total. The number of hydrogen-bond acceptors (Lipinski definition) is 4. The number of hydrogen-bond donors (Lipinski definition) is 1. The number of sulfonamides is 1. The molecular weight excluding hydrogens is 400 g/mol. The first-order chi connectivity index (χ1) is 13.3. The number of benzene rings is 2. The quantitative estimate of drug-likeness (QED) is 0.789. The predicted octanol–water partition coefficient (Wildman–Crippen LogP) is 4.02. The van der Waals surface area contributed by atoms with Crippen LogP contribution in [0.5, 0.6) is 5.75 Å². The number of ether oxygens (including phenoxy) is 1. The number of piperidine rings is 1. The fourth-order valence-electron chi connectivity index (χ4n) is 3.32. The lowest BCUT2D eigenvalue weighted by molar-refractivity contribution is 0.0683. The summed E-state index contributed by atoms with van der Waals surface area (Å²) in [7, 11) is -2.48. The number of anilines is 1. The van der Waals surface area contributed by atoms with Gasteiger partial charge in [0.1, 0.15) is 5.75 Å². The van der Waals surface area contributed by atoms with Gasteiger partial charge in [-0.15, -0.1) is 0 Å². The van der Waals surface area contributed by atoms with Crippen molar-refractivity contribution in [2.24, 2.45) is 5.92 Å². The third-order valence-corrected chi connectivity index (χ3v) is 6.34. The average molecular weight is 423 g/mol. The fourth-order valence-corrected chi connectivity index (χ4v) is 4.60. The topological polar surface area (TPSA) is 75.7 Å². The van der Waals surface area contributed by atoms with E-state index < -0.39 is 10.0 Å². The number of halogens is 1. The molecule has 8 heteroatoms. The van der Waals surface area contributed by atoms with Crippen LogP contribution in [0.25, 0.3) is 0 Å². The SMILES string of the molecule is COc1ccc(Cl)cc1NS(=O)(=O)c1cccc(C(=O)N2CCCC(C)C2)c1. The van der Waals surface area contributed by atoms with Crippen LogP contribution in [-0.4, -0.2) is 39.4 Å². The first-order valence-corrected chi connectivity index (χ1v) is 10.9. The number of methoxy groups -OCH3 is 1. The Bertz CT molecular complexity index is 978. The molecule has 1 atom stereocenters. The normalized spacial score (nSPS) is 17.2. The van der Waals surface area contributed by atoms with E-state index >= 15 is 0 Å². The number of amides is 1. The van der Waals surface area contributed by atoms with Crippen LogP contribution in [-0.2, 0) is 10.0 Å². The van der Waals surface area contributed by atoms with E-state index in [1.807, 2.05) is 0 Å². The highest BCUT2D eigenvalue weighted by atomic mass is 35.5. The number of nitrogens with one attached hydrogen (secondary N) is 1. The van der Waals surface area contributed by atoms with E-state index in [1.165, 1.54) is 25.3 Å². The van der Waals surface area contributed by atoms with Crippen molar-refractivity contribution in [3.8, 4) is 5.75 Å². The van der Waals surface area contributed by atoms with Crippen molar-refractivity contribution in [1.29, 1.82) is 0 Å². The Kier molecular flexibility index (Phi) is 6.15. The molecular formula is C20H23ClN2O4S. The molecule has 3 rings (SSSR count). The van der Waals surface area contributed by atoms with Crippen molar-refractivity contribution in [2.45, 2.75) is 24.7 Å². The van der Waals surface area contributed by atoms with E-state index in [-0.39, 0.29) is 16.5 Å². The van der Waals surface area contributed by atoms with Gasteiger partial charge in [-0.1, -0.05) is 24.6 Å². The van der Waals surface area contributed by atoms with Gasteiger partial charge in [0.25, 0.3) is 15.9 Å². The second-order valence-corrected chi connectivity index (χ2v) is 9.10. The Morgan fingerprint density at radius 3 is 2.75 bits per heavy atom. The Hall–Kier alpha value is -2.25. The molecule has 1 saturated heterocycles. The van der Waals surface area contributed by atoms with Gasteiger partial charge < -0.3 is 9.64 Å². The first-order valence-electron chi connectivity index (χ1n) is 9.06. The maximum atomic E-state index is 12.8. The van der Waals surface area contributed by atoms with Crippen molar-refractivity contribution in [3.05, 3.63) is 53.1 Å². The van der Waals surface area contributed by atoms with Crippen LogP contribution in [0.15, 0.2) is 47.4 Å². The van der Waals surface area contributed by atoms with Gasteiger partial charge in [-0.2, -0.15) is 0 Å². The van der Waals surface area contributed by atoms with Crippen LogP contribution in [0, 0.1) is 5.92 Å². The third kappa shape index (κ3) is 4.59. The van der Waals surface area contributed by atoms with E-state index in [9.17, 15) is 13.2 Å². The summed E-state index contributed by atoms with van der Waals surface area (Å²) in [6.07, 6.45) is 2.06. The number of nitrogens with zero attached hydrogens (tertiary/aromatic N) is 1. The Balaban J connectivity index is 1.86. The third-order valence-electron chi connectivity index (χ3n) is 4.74. The van der Waals surface area contributed by atoms with Gasteiger partial charge in [-0.05, 0) is 55.2 Å². The first kappa shape index (κ1) is 20.5. The molecule has 1 amide bonds. The summed E-state index contributed by atoms with van der Waals surface area (Å²) >= 11 is 5.97. The maximum Gasteiger partial charge on any atom is 0.262 e. The number of rotatable bonds is 5. The molecule has 0 aromatic heterocycles. The number of carbonyl (C=O) groups is 1. The van der Waals surface area contributed by atoms with Crippen molar-refractivity contribution in [2.75, 3.05) is 24.9 Å². The van der Waals surface area contributed by atoms with Gasteiger partial charge in [0.05, 0.1) is 17.7 Å². The van der Waals surface area contributed by atoms with Gasteiger partial charge in [-0.25, -0.2) is 8.42 Å². The van der Waals surface area contributed by atoms with Crippen molar-refractivity contribution >= 4 is 33.2 Å². The fraction of sp³-hybridized carbons (Fsp3) is 0.350. The van der Waals surface area contributed by atoms with Gasteiger partial charge in [0, 0.05) is 23.7 Å². The standard InChI is InChI=1S/C20H23ClN2O4S/c1-14-5-4-10-23(13-14)20(24)15-6-3-7-17(11-15)28(25,26)22-18-12-16(21)8-9-19(18)27-2/h3,6-9,11-12,14,22H,4-5,10,13H2,1-2H3. The molecule has 1 unspecified atom stereocenters. The molecule has 0 bridgehead atoms. The molecule has 2 aromatic carbocycles. The molecule has 0 radical (unpaired) electrons. The van der Waals surface area contributed by atoms with Crippen molar-refractivity contribution in [3.63, 3.8) is 0 Å². The molecule has 0 saturated carbocycles. The Labute approximate surface area is 170 Å². The minimum Gasteiger partial charge on any atom is -0.495 e. The van der Waals surface area contributed by atoms with E-state index in [0.29, 0.717) is 35.3 Å². The van der Waals surface area contributed by atoms with E-state index in [1.54, 1.807) is 29.2 Å². The summed E-state index contributed by atoms with van der Waals surface area (Å²) in [4.78, 5) is 14.6. The molecule has 28 heavy (non-hydrogen) atoms. The minimum absolute atomic E-state index is 0.00503. The molecule has 0 spiro atoms. The van der Waals surface area contributed by atoms with Crippen LogP contribution < -0.4 is 9.46 Å². The lowest BCUT2D eigenvalue weighted by Gasteiger charge is -2.31. The summed E-state index contributed by atoms with van der Waals surface area (Å²) in [5.74, 6) is 0.646. The lowest BCUT2D eigenvalue weighted by Crippen LogP contribution is -2.39. The van der Waals surface area contributed by atoms with Gasteiger partial charge in [0.15, 0.2) is 0 Å². The van der Waals surface area contributed by atoms with E-state index in [0.717, 1.165) is 12.8 Å². The summed E-state index contributed by atoms with van der Waals surface area (Å²) < 4.78 is 33.4. The molecule has 150 valence electrons. The molecule has 6 nitrogen and oxygen atoms in total. The summed E-state index contributed by atoms with van der Waals surface area (Å²) in [5, 5.41) is 0.377. The number of carbonyl (C=O) groups excluding carboxylic acids is 1. The average Bonchev–Trinajstić information content (AvgIpc) is 2.67. The highest BCUT2D eigenvalue weighted by Crippen LogP contribution is 2.30. The monoisotopic (exact) mass is 422 g/mol. The van der Waals surface area contributed by atoms with Gasteiger partial charge >= 0.3 is 0 Å². The summed E-state index contributed by atoms with van der Waals surface area (Å²) in [5.41, 5.74) is 0.589. The molecule has 1 fully saturated rings. The highest BCUT2D eigenvalue weighted by molar-refractivity contribution is 7.92. The Morgan fingerprint density at radius 1 is 1.25 bits per heavy atom. The lowest BCUT2D eigenvalue weighted by atomic mass is 9.99. The maximum absolute atomic E-state index is 12.8. The summed E-state index contributed by atoms with van der Waals surface area (Å²) in [6, 6.07) is 10.7. The van der Waals surface area contributed by atoms with Crippen molar-refractivity contribution in [1.82, 2.24) is 4.90 Å². The van der Waals surface area contributed by atoms with E-state index in [4.69, 9.17) is 16.3 Å². The van der Waals surface area contributed by atoms with Crippen LogP contribution in [0.4, 0.5) is 5.69 Å². The van der Waals surface area contributed by atoms with Crippen molar-refractivity contribution < 1.29 is 17.9 Å².